The molecule has 5 nitrogen and oxygen atoms in total. The summed E-state index contributed by atoms with van der Waals surface area (Å²) >= 11 is 0. The van der Waals surface area contributed by atoms with Crippen LogP contribution in [0.4, 0.5) is 10.5 Å². The summed E-state index contributed by atoms with van der Waals surface area (Å²) in [6.45, 7) is 9.46. The predicted octanol–water partition coefficient (Wildman–Crippen LogP) is 5.48. The first-order valence-electron chi connectivity index (χ1n) is 9.75. The molecule has 2 aromatic carbocycles. The second-order valence-corrected chi connectivity index (χ2v) is 7.50. The Morgan fingerprint density at radius 1 is 0.964 bits per heavy atom. The molecule has 28 heavy (non-hydrogen) atoms. The zero-order valence-electron chi connectivity index (χ0n) is 17.8. The number of para-hydroxylation sites is 1. The third kappa shape index (κ3) is 5.65. The Bertz CT molecular complexity index is 744. The average molecular weight is 385 g/mol. The largest absolute Gasteiger partial charge is 0.497 e. The minimum absolute atomic E-state index is 0.131. The number of hydrogen-bond acceptors (Lipinski definition) is 3. The summed E-state index contributed by atoms with van der Waals surface area (Å²) < 4.78 is 10.9. The summed E-state index contributed by atoms with van der Waals surface area (Å²) in [5, 5.41) is 3.12. The van der Waals surface area contributed by atoms with Crippen molar-refractivity contribution in [3.63, 3.8) is 0 Å². The molecule has 0 heterocycles. The van der Waals surface area contributed by atoms with Crippen molar-refractivity contribution in [2.45, 2.75) is 39.5 Å². The van der Waals surface area contributed by atoms with E-state index in [-0.39, 0.29) is 6.03 Å². The van der Waals surface area contributed by atoms with Crippen molar-refractivity contribution in [1.82, 2.24) is 4.90 Å². The minimum atomic E-state index is -0.131. The van der Waals surface area contributed by atoms with E-state index in [0.29, 0.717) is 25.0 Å². The fourth-order valence-electron chi connectivity index (χ4n) is 2.97. The highest BCUT2D eigenvalue weighted by molar-refractivity contribution is 5.91. The van der Waals surface area contributed by atoms with E-state index in [1.54, 1.807) is 19.1 Å². The molecule has 2 aromatic rings. The molecule has 0 spiro atoms. The van der Waals surface area contributed by atoms with Gasteiger partial charge in [0.05, 0.1) is 13.7 Å². The van der Waals surface area contributed by atoms with Crippen LogP contribution in [-0.4, -0.2) is 38.2 Å². The Labute approximate surface area is 168 Å². The van der Waals surface area contributed by atoms with Gasteiger partial charge in [-0.05, 0) is 47.2 Å². The number of carbonyl (C=O) groups is 1. The van der Waals surface area contributed by atoms with E-state index < -0.39 is 0 Å². The minimum Gasteiger partial charge on any atom is -0.497 e. The van der Waals surface area contributed by atoms with Crippen molar-refractivity contribution in [3.8, 4) is 11.5 Å². The molecule has 0 saturated heterocycles. The molecule has 5 heteroatoms. The first-order chi connectivity index (χ1) is 13.3. The SMILES string of the molecule is COc1ccc(OCCN(C)C(=O)Nc2c(C(C)C)cccc2C(C)C)cc1. The molecule has 0 fully saturated rings. The van der Waals surface area contributed by atoms with Gasteiger partial charge >= 0.3 is 6.03 Å². The molecule has 0 aliphatic heterocycles. The van der Waals surface area contributed by atoms with Crippen LogP contribution in [-0.2, 0) is 0 Å². The van der Waals surface area contributed by atoms with Crippen molar-refractivity contribution in [1.29, 1.82) is 0 Å². The van der Waals surface area contributed by atoms with Gasteiger partial charge in [-0.3, -0.25) is 0 Å². The first kappa shape index (κ1) is 21.6. The zero-order valence-corrected chi connectivity index (χ0v) is 17.8. The second-order valence-electron chi connectivity index (χ2n) is 7.50. The molecule has 0 unspecified atom stereocenters. The van der Waals surface area contributed by atoms with Crippen molar-refractivity contribution in [3.05, 3.63) is 53.6 Å². The Morgan fingerprint density at radius 3 is 2.00 bits per heavy atom. The highest BCUT2D eigenvalue weighted by Gasteiger charge is 2.17. The summed E-state index contributed by atoms with van der Waals surface area (Å²) in [5.41, 5.74) is 3.24. The molecular weight excluding hydrogens is 352 g/mol. The molecule has 0 saturated carbocycles. The van der Waals surface area contributed by atoms with Gasteiger partial charge in [0.2, 0.25) is 0 Å². The van der Waals surface area contributed by atoms with Crippen LogP contribution < -0.4 is 14.8 Å². The maximum absolute atomic E-state index is 12.7. The Hall–Kier alpha value is -2.69. The van der Waals surface area contributed by atoms with Gasteiger partial charge in [0.1, 0.15) is 18.1 Å². The van der Waals surface area contributed by atoms with Gasteiger partial charge in [-0.2, -0.15) is 0 Å². The number of hydrogen-bond donors (Lipinski definition) is 1. The number of nitrogens with one attached hydrogen (secondary N) is 1. The van der Waals surface area contributed by atoms with Crippen LogP contribution >= 0.6 is 0 Å². The normalized spacial score (nSPS) is 10.9. The molecular formula is C23H32N2O3. The van der Waals surface area contributed by atoms with Gasteiger partial charge in [-0.1, -0.05) is 45.9 Å². The lowest BCUT2D eigenvalue weighted by Crippen LogP contribution is -2.35. The van der Waals surface area contributed by atoms with Gasteiger partial charge in [-0.15, -0.1) is 0 Å². The zero-order chi connectivity index (χ0) is 20.7. The van der Waals surface area contributed by atoms with Crippen molar-refractivity contribution in [2.24, 2.45) is 0 Å². The summed E-state index contributed by atoms with van der Waals surface area (Å²) in [5.74, 6) is 2.20. The van der Waals surface area contributed by atoms with Gasteiger partial charge in [-0.25, -0.2) is 4.79 Å². The standard InChI is InChI=1S/C23H32N2O3/c1-16(2)20-8-7-9-21(17(3)4)22(20)24-23(26)25(5)14-15-28-19-12-10-18(27-6)11-13-19/h7-13,16-17H,14-15H2,1-6H3,(H,24,26). The lowest BCUT2D eigenvalue weighted by Gasteiger charge is -2.23. The number of likely N-dealkylation sites (N-methyl/N-ethyl adjacent to an activating group) is 1. The number of amides is 2. The molecule has 2 rings (SSSR count). The van der Waals surface area contributed by atoms with Crippen LogP contribution in [0.3, 0.4) is 0 Å². The number of rotatable bonds is 8. The Balaban J connectivity index is 1.98. The van der Waals surface area contributed by atoms with Crippen molar-refractivity contribution < 1.29 is 14.3 Å². The number of carbonyl (C=O) groups excluding carboxylic acids is 1. The molecule has 1 N–H and O–H groups in total. The summed E-state index contributed by atoms with van der Waals surface area (Å²) in [6, 6.07) is 13.5. The van der Waals surface area contributed by atoms with Gasteiger partial charge in [0.25, 0.3) is 0 Å². The van der Waals surface area contributed by atoms with E-state index in [4.69, 9.17) is 9.47 Å². The second kappa shape index (κ2) is 10.0. The topological polar surface area (TPSA) is 50.8 Å². The predicted molar refractivity (Wildman–Crippen MR) is 115 cm³/mol. The number of anilines is 1. The van der Waals surface area contributed by atoms with E-state index in [0.717, 1.165) is 28.3 Å². The van der Waals surface area contributed by atoms with Crippen LogP contribution in [0.25, 0.3) is 0 Å². The van der Waals surface area contributed by atoms with Crippen LogP contribution in [0.15, 0.2) is 42.5 Å². The maximum atomic E-state index is 12.7. The van der Waals surface area contributed by atoms with Crippen LogP contribution in [0, 0.1) is 0 Å². The summed E-state index contributed by atoms with van der Waals surface area (Å²) in [7, 11) is 3.41. The summed E-state index contributed by atoms with van der Waals surface area (Å²) in [4.78, 5) is 14.4. The first-order valence-corrected chi connectivity index (χ1v) is 9.75. The number of ether oxygens (including phenoxy) is 2. The molecule has 2 amide bonds. The third-order valence-corrected chi connectivity index (χ3v) is 4.71. The number of methoxy groups -OCH3 is 1. The van der Waals surface area contributed by atoms with Crippen molar-refractivity contribution in [2.75, 3.05) is 32.6 Å². The summed E-state index contributed by atoms with van der Waals surface area (Å²) in [6.07, 6.45) is 0. The lowest BCUT2D eigenvalue weighted by molar-refractivity contribution is 0.207. The van der Waals surface area contributed by atoms with E-state index >= 15 is 0 Å². The smallest absolute Gasteiger partial charge is 0.321 e. The Morgan fingerprint density at radius 2 is 1.50 bits per heavy atom. The highest BCUT2D eigenvalue weighted by atomic mass is 16.5. The molecule has 0 aromatic heterocycles. The van der Waals surface area contributed by atoms with Crippen LogP contribution in [0.2, 0.25) is 0 Å². The van der Waals surface area contributed by atoms with E-state index in [1.807, 2.05) is 24.3 Å². The maximum Gasteiger partial charge on any atom is 0.321 e. The van der Waals surface area contributed by atoms with E-state index in [2.05, 4.69) is 51.2 Å². The monoisotopic (exact) mass is 384 g/mol. The van der Waals surface area contributed by atoms with Gasteiger partial charge in [0, 0.05) is 12.7 Å². The van der Waals surface area contributed by atoms with E-state index in [1.165, 1.54) is 0 Å². The fourth-order valence-corrected chi connectivity index (χ4v) is 2.97. The third-order valence-electron chi connectivity index (χ3n) is 4.71. The lowest BCUT2D eigenvalue weighted by atomic mass is 9.93. The fraction of sp³-hybridized carbons (Fsp3) is 0.435. The molecule has 152 valence electrons. The number of benzene rings is 2. The molecule has 0 radical (unpaired) electrons. The molecule has 0 aliphatic rings. The highest BCUT2D eigenvalue weighted by Crippen LogP contribution is 2.32. The Kier molecular flexibility index (Phi) is 7.73. The molecule has 0 aliphatic carbocycles. The molecule has 0 bridgehead atoms. The van der Waals surface area contributed by atoms with Crippen molar-refractivity contribution >= 4 is 11.7 Å². The number of urea groups is 1. The number of nitrogens with zero attached hydrogens (tertiary/aromatic N) is 1. The van der Waals surface area contributed by atoms with Crippen LogP contribution in [0.5, 0.6) is 11.5 Å². The van der Waals surface area contributed by atoms with Gasteiger partial charge in [0.15, 0.2) is 0 Å². The molecule has 0 atom stereocenters. The van der Waals surface area contributed by atoms with Crippen LogP contribution in [0.1, 0.15) is 50.7 Å². The van der Waals surface area contributed by atoms with E-state index in [9.17, 15) is 4.79 Å². The quantitative estimate of drug-likeness (QED) is 0.655. The average Bonchev–Trinajstić information content (AvgIpc) is 2.68. The van der Waals surface area contributed by atoms with Gasteiger partial charge < -0.3 is 19.7 Å².